The second-order valence-electron chi connectivity index (χ2n) is 4.73. The fourth-order valence-corrected chi connectivity index (χ4v) is 2.03. The van der Waals surface area contributed by atoms with E-state index in [1.165, 1.54) is 25.8 Å². The van der Waals surface area contributed by atoms with Crippen LogP contribution in [0.25, 0.3) is 0 Å². The highest BCUT2D eigenvalue weighted by Gasteiger charge is 2.24. The topological polar surface area (TPSA) is 42.1 Å². The van der Waals surface area contributed by atoms with Gasteiger partial charge in [0.2, 0.25) is 0 Å². The summed E-state index contributed by atoms with van der Waals surface area (Å²) in [6.07, 6.45) is 4.02. The number of rotatable bonds is 6. The van der Waals surface area contributed by atoms with Crippen LogP contribution in [0.5, 0.6) is 0 Å². The van der Waals surface area contributed by atoms with Crippen molar-refractivity contribution in [1.82, 2.24) is 9.88 Å². The van der Waals surface area contributed by atoms with Crippen LogP contribution in [0.3, 0.4) is 0 Å². The van der Waals surface area contributed by atoms with Gasteiger partial charge in [0.25, 0.3) is 0 Å². The van der Waals surface area contributed by atoms with Gasteiger partial charge in [-0.05, 0) is 43.9 Å². The second kappa shape index (κ2) is 5.30. The molecule has 0 spiro atoms. The Kier molecular flexibility index (Phi) is 3.78. The Balaban J connectivity index is 1.92. The zero-order chi connectivity index (χ0) is 11.4. The van der Waals surface area contributed by atoms with Crippen molar-refractivity contribution >= 4 is 5.82 Å². The van der Waals surface area contributed by atoms with Gasteiger partial charge in [-0.3, -0.25) is 4.90 Å². The molecule has 88 valence electrons. The van der Waals surface area contributed by atoms with Gasteiger partial charge in [0.15, 0.2) is 0 Å². The number of hydrogen-bond donors (Lipinski definition) is 1. The summed E-state index contributed by atoms with van der Waals surface area (Å²) in [5.74, 6) is 1.56. The number of pyridine rings is 1. The molecule has 0 unspecified atom stereocenters. The quantitative estimate of drug-likeness (QED) is 0.798. The molecule has 1 aromatic heterocycles. The van der Waals surface area contributed by atoms with Crippen LogP contribution in [0.4, 0.5) is 5.82 Å². The molecule has 16 heavy (non-hydrogen) atoms. The normalized spacial score (nSPS) is 15.6. The monoisotopic (exact) mass is 219 g/mol. The van der Waals surface area contributed by atoms with E-state index in [4.69, 9.17) is 5.73 Å². The summed E-state index contributed by atoms with van der Waals surface area (Å²) in [6, 6.07) is 5.89. The van der Waals surface area contributed by atoms with Crippen molar-refractivity contribution in [3.8, 4) is 0 Å². The molecule has 1 aliphatic rings. The molecule has 3 nitrogen and oxygen atoms in total. The van der Waals surface area contributed by atoms with Gasteiger partial charge in [-0.2, -0.15) is 0 Å². The molecule has 2 N–H and O–H groups in total. The first kappa shape index (κ1) is 11.4. The molecule has 0 amide bonds. The maximum absolute atomic E-state index is 5.69. The fraction of sp³-hybridized carbons (Fsp3) is 0.615. The largest absolute Gasteiger partial charge is 0.384 e. The van der Waals surface area contributed by atoms with E-state index in [2.05, 4.69) is 22.9 Å². The lowest BCUT2D eigenvalue weighted by Gasteiger charge is -2.21. The Bertz CT molecular complexity index is 334. The van der Waals surface area contributed by atoms with Crippen LogP contribution < -0.4 is 5.73 Å². The Morgan fingerprint density at radius 3 is 2.88 bits per heavy atom. The summed E-state index contributed by atoms with van der Waals surface area (Å²) in [5.41, 5.74) is 6.78. The minimum absolute atomic E-state index is 0.625. The van der Waals surface area contributed by atoms with Gasteiger partial charge in [-0.15, -0.1) is 0 Å². The average molecular weight is 219 g/mol. The van der Waals surface area contributed by atoms with Gasteiger partial charge in [-0.25, -0.2) is 4.98 Å². The minimum Gasteiger partial charge on any atom is -0.384 e. The van der Waals surface area contributed by atoms with Crippen LogP contribution >= 0.6 is 0 Å². The third-order valence-electron chi connectivity index (χ3n) is 2.97. The molecule has 0 bridgehead atoms. The van der Waals surface area contributed by atoms with Gasteiger partial charge in [0.1, 0.15) is 5.82 Å². The van der Waals surface area contributed by atoms with Crippen molar-refractivity contribution < 1.29 is 0 Å². The van der Waals surface area contributed by atoms with Gasteiger partial charge in [0, 0.05) is 13.1 Å². The molecule has 1 fully saturated rings. The van der Waals surface area contributed by atoms with Crippen molar-refractivity contribution in [2.24, 2.45) is 5.92 Å². The van der Waals surface area contributed by atoms with Crippen molar-refractivity contribution in [1.29, 1.82) is 0 Å². The third-order valence-corrected chi connectivity index (χ3v) is 2.97. The van der Waals surface area contributed by atoms with Crippen LogP contribution in [0.15, 0.2) is 18.2 Å². The first-order valence-electron chi connectivity index (χ1n) is 6.21. The number of nitrogens with two attached hydrogens (primary N) is 1. The Labute approximate surface area is 97.7 Å². The molecule has 2 rings (SSSR count). The van der Waals surface area contributed by atoms with Crippen LogP contribution in [0.1, 0.15) is 31.9 Å². The van der Waals surface area contributed by atoms with Crippen molar-refractivity contribution in [2.75, 3.05) is 18.8 Å². The summed E-state index contributed by atoms with van der Waals surface area (Å²) >= 11 is 0. The average Bonchev–Trinajstić information content (AvgIpc) is 3.02. The van der Waals surface area contributed by atoms with Gasteiger partial charge in [-0.1, -0.05) is 13.0 Å². The van der Waals surface area contributed by atoms with Crippen molar-refractivity contribution in [2.45, 2.75) is 32.7 Å². The minimum atomic E-state index is 0.625. The lowest BCUT2D eigenvalue weighted by atomic mass is 10.2. The second-order valence-corrected chi connectivity index (χ2v) is 4.73. The third kappa shape index (κ3) is 3.49. The summed E-state index contributed by atoms with van der Waals surface area (Å²) in [7, 11) is 0. The van der Waals surface area contributed by atoms with E-state index in [1.807, 2.05) is 12.1 Å². The highest BCUT2D eigenvalue weighted by Crippen LogP contribution is 2.30. The molecular weight excluding hydrogens is 198 g/mol. The van der Waals surface area contributed by atoms with Crippen LogP contribution in [-0.2, 0) is 6.54 Å². The van der Waals surface area contributed by atoms with Gasteiger partial charge >= 0.3 is 0 Å². The van der Waals surface area contributed by atoms with Crippen LogP contribution in [-0.4, -0.2) is 23.0 Å². The number of nitrogens with zero attached hydrogens (tertiary/aromatic N) is 2. The molecular formula is C13H21N3. The number of hydrogen-bond acceptors (Lipinski definition) is 3. The smallest absolute Gasteiger partial charge is 0.123 e. The molecule has 1 saturated carbocycles. The van der Waals surface area contributed by atoms with Gasteiger partial charge in [0.05, 0.1) is 5.69 Å². The van der Waals surface area contributed by atoms with E-state index in [0.717, 1.165) is 24.7 Å². The first-order valence-corrected chi connectivity index (χ1v) is 6.21. The number of aromatic nitrogens is 1. The van der Waals surface area contributed by atoms with Crippen LogP contribution in [0, 0.1) is 5.92 Å². The summed E-state index contributed by atoms with van der Waals surface area (Å²) < 4.78 is 0. The molecule has 0 aliphatic heterocycles. The number of anilines is 1. The fourth-order valence-electron chi connectivity index (χ4n) is 2.03. The standard InChI is InChI=1S/C13H21N3/c1-2-8-16(9-11-6-7-11)10-12-4-3-5-13(14)15-12/h3-5,11H,2,6-10H2,1H3,(H2,14,15). The highest BCUT2D eigenvalue weighted by molar-refractivity contribution is 5.28. The van der Waals surface area contributed by atoms with E-state index >= 15 is 0 Å². The Morgan fingerprint density at radius 2 is 2.25 bits per heavy atom. The molecule has 1 aliphatic carbocycles. The molecule has 0 aromatic carbocycles. The summed E-state index contributed by atoms with van der Waals surface area (Å²) in [6.45, 7) is 5.55. The Morgan fingerprint density at radius 1 is 1.44 bits per heavy atom. The number of nitrogen functional groups attached to an aromatic ring is 1. The molecule has 1 heterocycles. The van der Waals surface area contributed by atoms with E-state index in [1.54, 1.807) is 0 Å². The van der Waals surface area contributed by atoms with Crippen molar-refractivity contribution in [3.05, 3.63) is 23.9 Å². The van der Waals surface area contributed by atoms with E-state index < -0.39 is 0 Å². The lowest BCUT2D eigenvalue weighted by Crippen LogP contribution is -2.26. The molecule has 0 atom stereocenters. The predicted octanol–water partition coefficient (Wildman–Crippen LogP) is 2.29. The highest BCUT2D eigenvalue weighted by atomic mass is 15.1. The molecule has 0 saturated heterocycles. The maximum atomic E-state index is 5.69. The zero-order valence-electron chi connectivity index (χ0n) is 10.0. The zero-order valence-corrected chi connectivity index (χ0v) is 10.0. The SMILES string of the molecule is CCCN(Cc1cccc(N)n1)CC1CC1. The van der Waals surface area contributed by atoms with Crippen molar-refractivity contribution in [3.63, 3.8) is 0 Å². The van der Waals surface area contributed by atoms with E-state index in [-0.39, 0.29) is 0 Å². The first-order chi connectivity index (χ1) is 7.78. The molecule has 3 heteroatoms. The van der Waals surface area contributed by atoms with Crippen LogP contribution in [0.2, 0.25) is 0 Å². The predicted molar refractivity (Wildman–Crippen MR) is 66.9 cm³/mol. The van der Waals surface area contributed by atoms with Gasteiger partial charge < -0.3 is 5.73 Å². The summed E-state index contributed by atoms with van der Waals surface area (Å²) in [5, 5.41) is 0. The molecule has 1 aromatic rings. The molecule has 0 radical (unpaired) electrons. The lowest BCUT2D eigenvalue weighted by molar-refractivity contribution is 0.252. The van der Waals surface area contributed by atoms with E-state index in [9.17, 15) is 0 Å². The maximum Gasteiger partial charge on any atom is 0.123 e. The summed E-state index contributed by atoms with van der Waals surface area (Å²) in [4.78, 5) is 6.86. The van der Waals surface area contributed by atoms with E-state index in [0.29, 0.717) is 5.82 Å². The Hall–Kier alpha value is -1.09.